The van der Waals surface area contributed by atoms with Crippen LogP contribution in [0.2, 0.25) is 10.0 Å². The van der Waals surface area contributed by atoms with E-state index in [0.29, 0.717) is 21.4 Å². The zero-order chi connectivity index (χ0) is 21.0. The third-order valence-electron chi connectivity index (χ3n) is 3.72. The van der Waals surface area contributed by atoms with Gasteiger partial charge in [0, 0.05) is 5.69 Å². The molecule has 0 aromatic heterocycles. The van der Waals surface area contributed by atoms with Gasteiger partial charge in [-0.25, -0.2) is 12.8 Å². The molecule has 10 heteroatoms. The summed E-state index contributed by atoms with van der Waals surface area (Å²) in [5.74, 6) is -0.523. The predicted molar refractivity (Wildman–Crippen MR) is 120 cm³/mol. The van der Waals surface area contributed by atoms with Gasteiger partial charge in [0.2, 0.25) is 0 Å². The molecule has 0 radical (unpaired) electrons. The summed E-state index contributed by atoms with van der Waals surface area (Å²) in [5, 5.41) is 6.88. The summed E-state index contributed by atoms with van der Waals surface area (Å²) >= 11 is 17.2. The molecule has 29 heavy (non-hydrogen) atoms. The van der Waals surface area contributed by atoms with Gasteiger partial charge in [-0.2, -0.15) is 0 Å². The van der Waals surface area contributed by atoms with Crippen molar-refractivity contribution in [1.82, 2.24) is 0 Å². The fourth-order valence-corrected chi connectivity index (χ4v) is 3.96. The second-order valence-electron chi connectivity index (χ2n) is 5.81. The molecule has 0 fully saturated rings. The Hall–Kier alpha value is -2.39. The summed E-state index contributed by atoms with van der Waals surface area (Å²) in [6.07, 6.45) is 0. The average Bonchev–Trinajstić information content (AvgIpc) is 2.66. The van der Waals surface area contributed by atoms with Gasteiger partial charge in [0.25, 0.3) is 10.0 Å². The fraction of sp³-hybridized carbons (Fsp3) is 0. The molecule has 0 heterocycles. The molecule has 0 saturated heterocycles. The van der Waals surface area contributed by atoms with Crippen molar-refractivity contribution in [3.8, 4) is 0 Å². The summed E-state index contributed by atoms with van der Waals surface area (Å²) in [7, 11) is -3.91. The van der Waals surface area contributed by atoms with E-state index in [1.54, 1.807) is 42.5 Å². The van der Waals surface area contributed by atoms with Crippen LogP contribution in [0.4, 0.5) is 21.5 Å². The van der Waals surface area contributed by atoms with Crippen LogP contribution in [0.3, 0.4) is 0 Å². The van der Waals surface area contributed by atoms with E-state index >= 15 is 0 Å². The van der Waals surface area contributed by atoms with Crippen LogP contribution in [0.5, 0.6) is 0 Å². The van der Waals surface area contributed by atoms with Gasteiger partial charge in [-0.05, 0) is 66.8 Å². The molecule has 0 aliphatic heterocycles. The van der Waals surface area contributed by atoms with E-state index in [1.165, 1.54) is 12.1 Å². The number of thiocarbonyl (C=S) groups is 1. The Kier molecular flexibility index (Phi) is 6.59. The van der Waals surface area contributed by atoms with Gasteiger partial charge in [-0.15, -0.1) is 0 Å². The van der Waals surface area contributed by atoms with E-state index in [2.05, 4.69) is 15.4 Å². The molecule has 0 amide bonds. The lowest BCUT2D eigenvalue weighted by molar-refractivity contribution is 0.599. The molecule has 0 atom stereocenters. The molecule has 0 unspecified atom stereocenters. The Balaban J connectivity index is 1.77. The Morgan fingerprint density at radius 3 is 2.17 bits per heavy atom. The second-order valence-corrected chi connectivity index (χ2v) is 8.72. The van der Waals surface area contributed by atoms with Crippen LogP contribution in [0.1, 0.15) is 0 Å². The Labute approximate surface area is 182 Å². The minimum absolute atomic E-state index is 0.0646. The number of para-hydroxylation sites is 2. The van der Waals surface area contributed by atoms with E-state index in [9.17, 15) is 12.8 Å². The van der Waals surface area contributed by atoms with E-state index < -0.39 is 15.8 Å². The highest BCUT2D eigenvalue weighted by Crippen LogP contribution is 2.27. The first kappa shape index (κ1) is 21.3. The van der Waals surface area contributed by atoms with Crippen LogP contribution in [-0.4, -0.2) is 13.5 Å². The van der Waals surface area contributed by atoms with Gasteiger partial charge in [0.05, 0.1) is 26.3 Å². The van der Waals surface area contributed by atoms with Gasteiger partial charge in [-0.1, -0.05) is 35.3 Å². The molecular weight excluding hydrogens is 456 g/mol. The van der Waals surface area contributed by atoms with Gasteiger partial charge in [0.1, 0.15) is 5.82 Å². The summed E-state index contributed by atoms with van der Waals surface area (Å²) in [6.45, 7) is 0. The number of hydrogen-bond donors (Lipinski definition) is 3. The number of hydrogen-bond acceptors (Lipinski definition) is 3. The minimum atomic E-state index is -3.91. The maximum absolute atomic E-state index is 13.1. The third-order valence-corrected chi connectivity index (χ3v) is 6.05. The molecular formula is C19H14Cl2FN3O2S2. The monoisotopic (exact) mass is 469 g/mol. The smallest absolute Gasteiger partial charge is 0.261 e. The maximum Gasteiger partial charge on any atom is 0.261 e. The summed E-state index contributed by atoms with van der Waals surface area (Å²) in [6, 6.07) is 16.1. The molecule has 3 aromatic rings. The molecule has 3 aromatic carbocycles. The SMILES string of the molecule is O=S(=O)(Nc1ccccc1NC(=S)Nc1ccc(Cl)c(Cl)c1)c1ccc(F)cc1. The van der Waals surface area contributed by atoms with Crippen molar-refractivity contribution >= 4 is 67.6 Å². The van der Waals surface area contributed by atoms with E-state index in [-0.39, 0.29) is 15.7 Å². The first-order valence-corrected chi connectivity index (χ1v) is 10.8. The van der Waals surface area contributed by atoms with Crippen LogP contribution < -0.4 is 15.4 Å². The predicted octanol–water partition coefficient (Wildman–Crippen LogP) is 5.74. The van der Waals surface area contributed by atoms with Gasteiger partial charge in [-0.3, -0.25) is 4.72 Å². The van der Waals surface area contributed by atoms with Crippen LogP contribution in [0, 0.1) is 5.82 Å². The molecule has 0 aliphatic carbocycles. The molecule has 0 bridgehead atoms. The summed E-state index contributed by atoms with van der Waals surface area (Å²) in [5.41, 5.74) is 1.31. The highest BCUT2D eigenvalue weighted by Gasteiger charge is 2.16. The lowest BCUT2D eigenvalue weighted by Gasteiger charge is -2.16. The maximum atomic E-state index is 13.1. The Bertz CT molecular complexity index is 1160. The van der Waals surface area contributed by atoms with Crippen molar-refractivity contribution in [3.63, 3.8) is 0 Å². The zero-order valence-electron chi connectivity index (χ0n) is 14.6. The van der Waals surface area contributed by atoms with Crippen molar-refractivity contribution in [2.75, 3.05) is 15.4 Å². The molecule has 150 valence electrons. The molecule has 0 aliphatic rings. The first-order valence-electron chi connectivity index (χ1n) is 8.15. The lowest BCUT2D eigenvalue weighted by atomic mass is 10.3. The highest BCUT2D eigenvalue weighted by molar-refractivity contribution is 7.92. The number of sulfonamides is 1. The largest absolute Gasteiger partial charge is 0.332 e. The van der Waals surface area contributed by atoms with Crippen molar-refractivity contribution in [1.29, 1.82) is 0 Å². The van der Waals surface area contributed by atoms with E-state index in [0.717, 1.165) is 12.1 Å². The molecule has 5 nitrogen and oxygen atoms in total. The van der Waals surface area contributed by atoms with Gasteiger partial charge in [0.15, 0.2) is 5.11 Å². The quantitative estimate of drug-likeness (QED) is 0.415. The van der Waals surface area contributed by atoms with E-state index in [4.69, 9.17) is 35.4 Å². The zero-order valence-corrected chi connectivity index (χ0v) is 17.8. The number of anilines is 3. The van der Waals surface area contributed by atoms with Gasteiger partial charge < -0.3 is 10.6 Å². The number of halogens is 3. The molecule has 3 rings (SSSR count). The van der Waals surface area contributed by atoms with E-state index in [1.807, 2.05) is 0 Å². The van der Waals surface area contributed by atoms with Crippen LogP contribution in [-0.2, 0) is 10.0 Å². The Morgan fingerprint density at radius 2 is 1.52 bits per heavy atom. The second kappa shape index (κ2) is 8.96. The first-order chi connectivity index (χ1) is 13.7. The normalized spacial score (nSPS) is 11.0. The highest BCUT2D eigenvalue weighted by atomic mass is 35.5. The molecule has 0 spiro atoms. The van der Waals surface area contributed by atoms with Crippen molar-refractivity contribution < 1.29 is 12.8 Å². The van der Waals surface area contributed by atoms with Crippen molar-refractivity contribution in [2.45, 2.75) is 4.90 Å². The summed E-state index contributed by atoms with van der Waals surface area (Å²) < 4.78 is 40.7. The van der Waals surface area contributed by atoms with Crippen LogP contribution >= 0.6 is 35.4 Å². The Morgan fingerprint density at radius 1 is 0.862 bits per heavy atom. The fourth-order valence-electron chi connectivity index (χ4n) is 2.36. The lowest BCUT2D eigenvalue weighted by Crippen LogP contribution is -2.21. The standard InChI is InChI=1S/C19H14Cl2FN3O2S2/c20-15-10-7-13(11-16(15)21)23-19(28)24-17-3-1-2-4-18(17)25-29(26,27)14-8-5-12(22)6-9-14/h1-11,25H,(H2,23,24,28). The number of rotatable bonds is 5. The van der Waals surface area contributed by atoms with Crippen LogP contribution in [0.15, 0.2) is 71.6 Å². The molecule has 0 saturated carbocycles. The average molecular weight is 470 g/mol. The minimum Gasteiger partial charge on any atom is -0.332 e. The molecule has 3 N–H and O–H groups in total. The number of nitrogens with one attached hydrogen (secondary N) is 3. The van der Waals surface area contributed by atoms with Crippen molar-refractivity contribution in [2.24, 2.45) is 0 Å². The van der Waals surface area contributed by atoms with Crippen molar-refractivity contribution in [3.05, 3.63) is 82.6 Å². The van der Waals surface area contributed by atoms with Crippen LogP contribution in [0.25, 0.3) is 0 Å². The summed E-state index contributed by atoms with van der Waals surface area (Å²) in [4.78, 5) is -0.0646. The van der Waals surface area contributed by atoms with Gasteiger partial charge >= 0.3 is 0 Å². The topological polar surface area (TPSA) is 70.2 Å². The third kappa shape index (κ3) is 5.57. The number of benzene rings is 3.